The normalized spacial score (nSPS) is 10.4. The summed E-state index contributed by atoms with van der Waals surface area (Å²) in [6, 6.07) is 12.3. The Balaban J connectivity index is 1.95. The van der Waals surface area contributed by atoms with Crippen molar-refractivity contribution in [1.29, 1.82) is 0 Å². The molecule has 0 fully saturated rings. The molecule has 0 radical (unpaired) electrons. The van der Waals surface area contributed by atoms with Crippen LogP contribution in [0.25, 0.3) is 0 Å². The molecule has 0 aromatic heterocycles. The molecular formula is C17H19ClN2O2. The number of aryl methyl sites for hydroxylation is 1. The van der Waals surface area contributed by atoms with Crippen LogP contribution in [0, 0.1) is 6.92 Å². The summed E-state index contributed by atoms with van der Waals surface area (Å²) < 4.78 is 5.55. The molecule has 0 aliphatic heterocycles. The number of halogens is 1. The van der Waals surface area contributed by atoms with Gasteiger partial charge in [-0.2, -0.15) is 0 Å². The molecule has 0 unspecified atom stereocenters. The Morgan fingerprint density at radius 2 is 1.64 bits per heavy atom. The molecule has 0 saturated carbocycles. The molecule has 4 nitrogen and oxygen atoms in total. The van der Waals surface area contributed by atoms with Gasteiger partial charge in [-0.25, -0.2) is 4.79 Å². The van der Waals surface area contributed by atoms with E-state index >= 15 is 0 Å². The van der Waals surface area contributed by atoms with E-state index in [4.69, 9.17) is 16.3 Å². The summed E-state index contributed by atoms with van der Waals surface area (Å²) in [7, 11) is 0. The number of benzene rings is 2. The quantitative estimate of drug-likeness (QED) is 0.826. The smallest absolute Gasteiger partial charge is 0.323 e. The Labute approximate surface area is 135 Å². The molecule has 2 aromatic rings. The van der Waals surface area contributed by atoms with Crippen LogP contribution in [-0.4, -0.2) is 12.1 Å². The summed E-state index contributed by atoms with van der Waals surface area (Å²) in [6.07, 6.45) is 0.119. The zero-order chi connectivity index (χ0) is 16.1. The Morgan fingerprint density at radius 1 is 1.05 bits per heavy atom. The number of ether oxygens (including phenoxy) is 1. The van der Waals surface area contributed by atoms with Crippen LogP contribution in [0.15, 0.2) is 42.5 Å². The summed E-state index contributed by atoms with van der Waals surface area (Å²) in [5.74, 6) is 0.770. The maximum absolute atomic E-state index is 11.9. The van der Waals surface area contributed by atoms with Crippen molar-refractivity contribution in [3.63, 3.8) is 0 Å². The minimum atomic E-state index is -0.322. The summed E-state index contributed by atoms with van der Waals surface area (Å²) in [5, 5.41) is 6.11. The number of urea groups is 1. The fourth-order valence-corrected chi connectivity index (χ4v) is 2.03. The molecular weight excluding hydrogens is 300 g/mol. The lowest BCUT2D eigenvalue weighted by atomic mass is 10.2. The number of carbonyl (C=O) groups excluding carboxylic acids is 1. The number of hydrogen-bond acceptors (Lipinski definition) is 2. The SMILES string of the molecule is Cc1ccc(NC(=O)Nc2ccc(OC(C)C)cc2)cc1Cl. The first-order valence-electron chi connectivity index (χ1n) is 7.05. The molecule has 0 aliphatic carbocycles. The van der Waals surface area contributed by atoms with E-state index in [0.717, 1.165) is 11.3 Å². The van der Waals surface area contributed by atoms with Gasteiger partial charge in [-0.3, -0.25) is 0 Å². The second-order valence-electron chi connectivity index (χ2n) is 5.23. The molecule has 22 heavy (non-hydrogen) atoms. The van der Waals surface area contributed by atoms with E-state index in [1.165, 1.54) is 0 Å². The van der Waals surface area contributed by atoms with Crippen LogP contribution in [-0.2, 0) is 0 Å². The van der Waals surface area contributed by atoms with Gasteiger partial charge in [0.2, 0.25) is 0 Å². The van der Waals surface area contributed by atoms with Gasteiger partial charge in [-0.15, -0.1) is 0 Å². The van der Waals surface area contributed by atoms with Crippen molar-refractivity contribution in [3.8, 4) is 5.75 Å². The van der Waals surface area contributed by atoms with Gasteiger partial charge in [0.1, 0.15) is 5.75 Å². The molecule has 0 spiro atoms. The van der Waals surface area contributed by atoms with Crippen LogP contribution in [0.5, 0.6) is 5.75 Å². The molecule has 0 bridgehead atoms. The molecule has 5 heteroatoms. The average Bonchev–Trinajstić information content (AvgIpc) is 2.44. The molecule has 2 aromatic carbocycles. The number of carbonyl (C=O) groups is 1. The van der Waals surface area contributed by atoms with Gasteiger partial charge >= 0.3 is 6.03 Å². The van der Waals surface area contributed by atoms with Crippen molar-refractivity contribution in [1.82, 2.24) is 0 Å². The monoisotopic (exact) mass is 318 g/mol. The topological polar surface area (TPSA) is 50.4 Å². The maximum atomic E-state index is 11.9. The molecule has 2 rings (SSSR count). The lowest BCUT2D eigenvalue weighted by Gasteiger charge is -2.11. The third-order valence-corrected chi connectivity index (χ3v) is 3.32. The minimum absolute atomic E-state index is 0.119. The van der Waals surface area contributed by atoms with Crippen molar-refractivity contribution >= 4 is 29.0 Å². The lowest BCUT2D eigenvalue weighted by Crippen LogP contribution is -2.19. The molecule has 2 amide bonds. The van der Waals surface area contributed by atoms with E-state index < -0.39 is 0 Å². The highest BCUT2D eigenvalue weighted by atomic mass is 35.5. The summed E-state index contributed by atoms with van der Waals surface area (Å²) >= 11 is 6.03. The van der Waals surface area contributed by atoms with Gasteiger partial charge in [-0.1, -0.05) is 17.7 Å². The van der Waals surface area contributed by atoms with Crippen molar-refractivity contribution in [3.05, 3.63) is 53.1 Å². The van der Waals surface area contributed by atoms with E-state index in [9.17, 15) is 4.79 Å². The fourth-order valence-electron chi connectivity index (χ4n) is 1.85. The molecule has 0 atom stereocenters. The first kappa shape index (κ1) is 16.2. The summed E-state index contributed by atoms with van der Waals surface area (Å²) in [6.45, 7) is 5.84. The van der Waals surface area contributed by atoms with E-state index in [1.807, 2.05) is 39.0 Å². The van der Waals surface area contributed by atoms with Crippen molar-refractivity contribution < 1.29 is 9.53 Å². The standard InChI is InChI=1S/C17H19ClN2O2/c1-11(2)22-15-8-6-13(7-9-15)19-17(21)20-14-5-4-12(3)16(18)10-14/h4-11H,1-3H3,(H2,19,20,21). The zero-order valence-corrected chi connectivity index (χ0v) is 13.6. The number of amides is 2. The van der Waals surface area contributed by atoms with Gasteiger partial charge in [0.15, 0.2) is 0 Å². The predicted molar refractivity (Wildman–Crippen MR) is 91.0 cm³/mol. The highest BCUT2D eigenvalue weighted by molar-refractivity contribution is 6.31. The van der Waals surface area contributed by atoms with Gasteiger partial charge in [-0.05, 0) is 62.7 Å². The first-order valence-corrected chi connectivity index (χ1v) is 7.42. The lowest BCUT2D eigenvalue weighted by molar-refractivity contribution is 0.242. The Morgan fingerprint density at radius 3 is 2.23 bits per heavy atom. The molecule has 0 saturated heterocycles. The predicted octanol–water partition coefficient (Wildman–Crippen LogP) is 5.08. The second kappa shape index (κ2) is 7.18. The van der Waals surface area contributed by atoms with Crippen molar-refractivity contribution in [2.24, 2.45) is 0 Å². The fraction of sp³-hybridized carbons (Fsp3) is 0.235. The van der Waals surface area contributed by atoms with Crippen LogP contribution >= 0.6 is 11.6 Å². The van der Waals surface area contributed by atoms with Crippen LogP contribution in [0.1, 0.15) is 19.4 Å². The highest BCUT2D eigenvalue weighted by Gasteiger charge is 2.05. The van der Waals surface area contributed by atoms with Crippen LogP contribution in [0.2, 0.25) is 5.02 Å². The van der Waals surface area contributed by atoms with E-state index in [2.05, 4.69) is 10.6 Å². The zero-order valence-electron chi connectivity index (χ0n) is 12.8. The summed E-state index contributed by atoms with van der Waals surface area (Å²) in [4.78, 5) is 11.9. The first-order chi connectivity index (χ1) is 10.4. The average molecular weight is 319 g/mol. The number of anilines is 2. The number of rotatable bonds is 4. The van der Waals surface area contributed by atoms with Gasteiger partial charge in [0.05, 0.1) is 6.10 Å². The summed E-state index contributed by atoms with van der Waals surface area (Å²) in [5.41, 5.74) is 2.30. The minimum Gasteiger partial charge on any atom is -0.491 e. The molecule has 0 heterocycles. The largest absolute Gasteiger partial charge is 0.491 e. The number of nitrogens with one attached hydrogen (secondary N) is 2. The van der Waals surface area contributed by atoms with E-state index in [1.54, 1.807) is 24.3 Å². The van der Waals surface area contributed by atoms with Crippen molar-refractivity contribution in [2.75, 3.05) is 10.6 Å². The van der Waals surface area contributed by atoms with Gasteiger partial charge in [0, 0.05) is 16.4 Å². The third kappa shape index (κ3) is 4.67. The van der Waals surface area contributed by atoms with Crippen LogP contribution in [0.4, 0.5) is 16.2 Å². The Kier molecular flexibility index (Phi) is 5.28. The van der Waals surface area contributed by atoms with Crippen LogP contribution in [0.3, 0.4) is 0 Å². The van der Waals surface area contributed by atoms with Crippen molar-refractivity contribution in [2.45, 2.75) is 26.9 Å². The van der Waals surface area contributed by atoms with E-state index in [-0.39, 0.29) is 12.1 Å². The second-order valence-corrected chi connectivity index (χ2v) is 5.64. The number of hydrogen-bond donors (Lipinski definition) is 2. The van der Waals surface area contributed by atoms with Gasteiger partial charge in [0.25, 0.3) is 0 Å². The maximum Gasteiger partial charge on any atom is 0.323 e. The molecule has 116 valence electrons. The Hall–Kier alpha value is -2.20. The third-order valence-electron chi connectivity index (χ3n) is 2.91. The molecule has 0 aliphatic rings. The highest BCUT2D eigenvalue weighted by Crippen LogP contribution is 2.21. The van der Waals surface area contributed by atoms with Gasteiger partial charge < -0.3 is 15.4 Å². The Bertz CT molecular complexity index is 654. The van der Waals surface area contributed by atoms with E-state index in [0.29, 0.717) is 16.4 Å². The van der Waals surface area contributed by atoms with Crippen LogP contribution < -0.4 is 15.4 Å². The molecule has 2 N–H and O–H groups in total.